The first-order valence-electron chi connectivity index (χ1n) is 8.41. The molecule has 1 amide bonds. The lowest BCUT2D eigenvalue weighted by molar-refractivity contribution is -0.122. The standard InChI is InChI=1S/C18H24N4O2/c1-12(2)16-8-13(14-6-4-5-7-15(14)16)9-19-17(23)10-22-18(24)21(3)11-20-22/h4-7,11-13,16H,8-10H2,1-3H3,(H,19,23)/t13-,16-/m0/s1. The van der Waals surface area contributed by atoms with Crippen LogP contribution in [0.15, 0.2) is 35.4 Å². The second kappa shape index (κ2) is 6.63. The molecule has 1 N–H and O–H groups in total. The maximum Gasteiger partial charge on any atom is 0.345 e. The Balaban J connectivity index is 1.64. The minimum atomic E-state index is -0.281. The van der Waals surface area contributed by atoms with Crippen molar-refractivity contribution >= 4 is 5.91 Å². The SMILES string of the molecule is CC(C)[C@@H]1C[C@@H](CNC(=O)Cn2ncn(C)c2=O)c2ccccc21. The van der Waals surface area contributed by atoms with Gasteiger partial charge in [0, 0.05) is 19.5 Å². The van der Waals surface area contributed by atoms with Crippen molar-refractivity contribution in [3.63, 3.8) is 0 Å². The Kier molecular flexibility index (Phi) is 4.55. The summed E-state index contributed by atoms with van der Waals surface area (Å²) in [5.74, 6) is 1.28. The molecule has 0 aliphatic heterocycles. The number of benzene rings is 1. The van der Waals surface area contributed by atoms with Gasteiger partial charge >= 0.3 is 5.69 Å². The van der Waals surface area contributed by atoms with Crippen LogP contribution in [0.3, 0.4) is 0 Å². The predicted molar refractivity (Wildman–Crippen MR) is 91.9 cm³/mol. The van der Waals surface area contributed by atoms with E-state index in [-0.39, 0.29) is 18.1 Å². The minimum Gasteiger partial charge on any atom is -0.354 e. The van der Waals surface area contributed by atoms with Gasteiger partial charge in [0.25, 0.3) is 0 Å². The number of aromatic nitrogens is 3. The van der Waals surface area contributed by atoms with Gasteiger partial charge in [-0.2, -0.15) is 5.10 Å². The molecule has 0 bridgehead atoms. The van der Waals surface area contributed by atoms with E-state index in [9.17, 15) is 9.59 Å². The summed E-state index contributed by atoms with van der Waals surface area (Å²) in [6.07, 6.45) is 2.47. The molecular weight excluding hydrogens is 304 g/mol. The first-order valence-corrected chi connectivity index (χ1v) is 8.41. The van der Waals surface area contributed by atoms with Gasteiger partial charge in [-0.3, -0.25) is 9.36 Å². The molecule has 1 heterocycles. The van der Waals surface area contributed by atoms with E-state index in [1.807, 2.05) is 0 Å². The summed E-state index contributed by atoms with van der Waals surface area (Å²) in [6, 6.07) is 8.51. The zero-order valence-corrected chi connectivity index (χ0v) is 14.4. The van der Waals surface area contributed by atoms with Crippen molar-refractivity contribution in [2.45, 2.75) is 38.6 Å². The molecule has 1 aromatic heterocycles. The normalized spacial score (nSPS) is 19.5. The smallest absolute Gasteiger partial charge is 0.345 e. The molecular formula is C18H24N4O2. The zero-order chi connectivity index (χ0) is 17.3. The molecule has 6 heteroatoms. The van der Waals surface area contributed by atoms with E-state index in [2.05, 4.69) is 48.5 Å². The predicted octanol–water partition coefficient (Wildman–Crippen LogP) is 1.63. The van der Waals surface area contributed by atoms with Crippen molar-refractivity contribution in [1.82, 2.24) is 19.7 Å². The summed E-state index contributed by atoms with van der Waals surface area (Å²) in [5.41, 5.74) is 2.47. The highest BCUT2D eigenvalue weighted by Gasteiger charge is 2.32. The molecule has 0 unspecified atom stereocenters. The summed E-state index contributed by atoms with van der Waals surface area (Å²) >= 11 is 0. The fourth-order valence-electron chi connectivity index (χ4n) is 3.56. The van der Waals surface area contributed by atoms with Crippen LogP contribution in [0.5, 0.6) is 0 Å². The number of aryl methyl sites for hydroxylation is 1. The van der Waals surface area contributed by atoms with E-state index in [0.717, 1.165) is 6.42 Å². The van der Waals surface area contributed by atoms with E-state index in [4.69, 9.17) is 0 Å². The second-order valence-corrected chi connectivity index (χ2v) is 6.90. The van der Waals surface area contributed by atoms with Crippen molar-refractivity contribution in [2.24, 2.45) is 13.0 Å². The lowest BCUT2D eigenvalue weighted by Crippen LogP contribution is -2.35. The van der Waals surface area contributed by atoms with Gasteiger partial charge in [-0.15, -0.1) is 0 Å². The van der Waals surface area contributed by atoms with Gasteiger partial charge in [-0.05, 0) is 29.4 Å². The summed E-state index contributed by atoms with van der Waals surface area (Å²) in [7, 11) is 1.62. The lowest BCUT2D eigenvalue weighted by atomic mass is 9.90. The van der Waals surface area contributed by atoms with Crippen LogP contribution in [0, 0.1) is 5.92 Å². The highest BCUT2D eigenvalue weighted by Crippen LogP contribution is 2.44. The lowest BCUT2D eigenvalue weighted by Gasteiger charge is -2.16. The first kappa shape index (κ1) is 16.5. The highest BCUT2D eigenvalue weighted by molar-refractivity contribution is 5.75. The van der Waals surface area contributed by atoms with Crippen LogP contribution in [0.2, 0.25) is 0 Å². The Morgan fingerprint density at radius 1 is 1.33 bits per heavy atom. The number of hydrogen-bond donors (Lipinski definition) is 1. The Morgan fingerprint density at radius 2 is 2.04 bits per heavy atom. The number of nitrogens with zero attached hydrogens (tertiary/aromatic N) is 3. The van der Waals surface area contributed by atoms with Gasteiger partial charge < -0.3 is 5.32 Å². The molecule has 2 atom stereocenters. The van der Waals surface area contributed by atoms with E-state index in [0.29, 0.717) is 24.3 Å². The van der Waals surface area contributed by atoms with E-state index in [1.165, 1.54) is 26.7 Å². The molecule has 1 aliphatic rings. The summed E-state index contributed by atoms with van der Waals surface area (Å²) < 4.78 is 2.53. The van der Waals surface area contributed by atoms with Crippen LogP contribution in [0.1, 0.15) is 43.2 Å². The van der Waals surface area contributed by atoms with E-state index < -0.39 is 0 Å². The van der Waals surface area contributed by atoms with Gasteiger partial charge in [0.1, 0.15) is 12.9 Å². The molecule has 24 heavy (non-hydrogen) atoms. The summed E-state index contributed by atoms with van der Waals surface area (Å²) in [4.78, 5) is 23.9. The van der Waals surface area contributed by atoms with Crippen LogP contribution < -0.4 is 11.0 Å². The fourth-order valence-corrected chi connectivity index (χ4v) is 3.56. The number of hydrogen-bond acceptors (Lipinski definition) is 3. The van der Waals surface area contributed by atoms with Crippen molar-refractivity contribution in [3.8, 4) is 0 Å². The third kappa shape index (κ3) is 3.13. The van der Waals surface area contributed by atoms with Gasteiger partial charge in [0.05, 0.1) is 0 Å². The van der Waals surface area contributed by atoms with Crippen molar-refractivity contribution < 1.29 is 4.79 Å². The van der Waals surface area contributed by atoms with E-state index >= 15 is 0 Å². The molecule has 0 fully saturated rings. The molecule has 1 aliphatic carbocycles. The Bertz CT molecular complexity index is 790. The first-order chi connectivity index (χ1) is 11.5. The zero-order valence-electron chi connectivity index (χ0n) is 14.4. The van der Waals surface area contributed by atoms with Crippen LogP contribution in [0.25, 0.3) is 0 Å². The van der Waals surface area contributed by atoms with Gasteiger partial charge in [0.15, 0.2) is 0 Å². The van der Waals surface area contributed by atoms with Crippen LogP contribution in [-0.2, 0) is 18.4 Å². The fraction of sp³-hybridized carbons (Fsp3) is 0.500. The number of carbonyl (C=O) groups excluding carboxylic acids is 1. The maximum absolute atomic E-state index is 12.1. The van der Waals surface area contributed by atoms with Crippen LogP contribution >= 0.6 is 0 Å². The van der Waals surface area contributed by atoms with Crippen LogP contribution in [-0.4, -0.2) is 26.8 Å². The highest BCUT2D eigenvalue weighted by atomic mass is 16.2. The number of rotatable bonds is 5. The number of fused-ring (bicyclic) bond motifs is 1. The van der Waals surface area contributed by atoms with E-state index in [1.54, 1.807) is 7.05 Å². The third-order valence-corrected chi connectivity index (χ3v) is 4.90. The minimum absolute atomic E-state index is 0.0400. The van der Waals surface area contributed by atoms with Crippen molar-refractivity contribution in [3.05, 3.63) is 52.2 Å². The summed E-state index contributed by atoms with van der Waals surface area (Å²) in [6.45, 7) is 5.05. The Labute approximate surface area is 141 Å². The quantitative estimate of drug-likeness (QED) is 0.907. The molecule has 6 nitrogen and oxygen atoms in total. The second-order valence-electron chi connectivity index (χ2n) is 6.90. The summed E-state index contributed by atoms with van der Waals surface area (Å²) in [5, 5.41) is 6.87. The Morgan fingerprint density at radius 3 is 2.67 bits per heavy atom. The van der Waals surface area contributed by atoms with Crippen molar-refractivity contribution in [1.29, 1.82) is 0 Å². The molecule has 0 spiro atoms. The van der Waals surface area contributed by atoms with Gasteiger partial charge in [-0.1, -0.05) is 38.1 Å². The Hall–Kier alpha value is -2.37. The van der Waals surface area contributed by atoms with Gasteiger partial charge in [0.2, 0.25) is 5.91 Å². The molecule has 0 saturated heterocycles. The number of carbonyl (C=O) groups is 1. The molecule has 3 rings (SSSR count). The molecule has 2 aromatic rings. The molecule has 0 radical (unpaired) electrons. The largest absolute Gasteiger partial charge is 0.354 e. The average Bonchev–Trinajstić information content (AvgIpc) is 3.08. The number of amides is 1. The number of nitrogens with one attached hydrogen (secondary N) is 1. The topological polar surface area (TPSA) is 68.9 Å². The van der Waals surface area contributed by atoms with Crippen LogP contribution in [0.4, 0.5) is 0 Å². The molecule has 128 valence electrons. The van der Waals surface area contributed by atoms with Gasteiger partial charge in [-0.25, -0.2) is 9.48 Å². The maximum atomic E-state index is 12.1. The molecule has 1 aromatic carbocycles. The monoisotopic (exact) mass is 328 g/mol. The average molecular weight is 328 g/mol. The van der Waals surface area contributed by atoms with Crippen molar-refractivity contribution in [2.75, 3.05) is 6.54 Å². The molecule has 0 saturated carbocycles. The third-order valence-electron chi connectivity index (χ3n) is 4.90.